The van der Waals surface area contributed by atoms with Crippen LogP contribution in [-0.4, -0.2) is 18.3 Å². The second kappa shape index (κ2) is 8.62. The van der Waals surface area contributed by atoms with Crippen LogP contribution in [0.15, 0.2) is 41.8 Å². The van der Waals surface area contributed by atoms with E-state index in [4.69, 9.17) is 11.6 Å². The molecule has 0 aromatic heterocycles. The largest absolute Gasteiger partial charge is 0.313 e. The fourth-order valence-electron chi connectivity index (χ4n) is 1.51. The summed E-state index contributed by atoms with van der Waals surface area (Å²) in [5.41, 5.74) is 0. The average Bonchev–Trinajstić information content (AvgIpc) is 2.33. The van der Waals surface area contributed by atoms with Crippen molar-refractivity contribution < 1.29 is 0 Å². The Kier molecular flexibility index (Phi) is 7.41. The number of halogens is 1. The highest BCUT2D eigenvalue weighted by atomic mass is 35.5. The molecule has 0 heterocycles. The van der Waals surface area contributed by atoms with Crippen LogP contribution in [0, 0.1) is 0 Å². The van der Waals surface area contributed by atoms with Gasteiger partial charge in [0, 0.05) is 21.7 Å². The highest BCUT2D eigenvalue weighted by molar-refractivity contribution is 7.99. The quantitative estimate of drug-likeness (QED) is 0.555. The normalized spacial score (nSPS) is 12.4. The predicted octanol–water partition coefficient (Wildman–Crippen LogP) is 4.38. The van der Waals surface area contributed by atoms with Crippen LogP contribution in [0.2, 0.25) is 5.02 Å². The molecule has 0 spiro atoms. The fourth-order valence-corrected chi connectivity index (χ4v) is 2.80. The SMILES string of the molecule is C=CCC(CSc1cccc(Cl)c1)NCCC. The van der Waals surface area contributed by atoms with E-state index < -0.39 is 0 Å². The van der Waals surface area contributed by atoms with Gasteiger partial charge in [0.15, 0.2) is 0 Å². The molecule has 17 heavy (non-hydrogen) atoms. The van der Waals surface area contributed by atoms with Crippen molar-refractivity contribution in [3.8, 4) is 0 Å². The molecular weight excluding hydrogens is 250 g/mol. The first-order chi connectivity index (χ1) is 8.26. The first kappa shape index (κ1) is 14.6. The van der Waals surface area contributed by atoms with Gasteiger partial charge >= 0.3 is 0 Å². The lowest BCUT2D eigenvalue weighted by molar-refractivity contribution is 0.558. The molecule has 94 valence electrons. The minimum Gasteiger partial charge on any atom is -0.313 e. The summed E-state index contributed by atoms with van der Waals surface area (Å²) >= 11 is 7.80. The molecule has 0 fully saturated rings. The highest BCUT2D eigenvalue weighted by Crippen LogP contribution is 2.22. The van der Waals surface area contributed by atoms with E-state index in [-0.39, 0.29) is 0 Å². The Bertz CT molecular complexity index is 341. The van der Waals surface area contributed by atoms with E-state index in [9.17, 15) is 0 Å². The molecule has 0 saturated carbocycles. The number of hydrogen-bond acceptors (Lipinski definition) is 2. The molecule has 0 aliphatic carbocycles. The Morgan fingerprint density at radius 2 is 2.35 bits per heavy atom. The second-order valence-corrected chi connectivity index (χ2v) is 5.47. The smallest absolute Gasteiger partial charge is 0.0417 e. The van der Waals surface area contributed by atoms with Crippen molar-refractivity contribution in [3.63, 3.8) is 0 Å². The fraction of sp³-hybridized carbons (Fsp3) is 0.429. The molecular formula is C14H20ClNS. The number of nitrogens with one attached hydrogen (secondary N) is 1. The molecule has 0 amide bonds. The molecule has 0 aliphatic rings. The van der Waals surface area contributed by atoms with Crippen molar-refractivity contribution >= 4 is 23.4 Å². The van der Waals surface area contributed by atoms with Gasteiger partial charge in [-0.2, -0.15) is 0 Å². The molecule has 1 aromatic rings. The number of benzene rings is 1. The first-order valence-corrected chi connectivity index (χ1v) is 7.35. The summed E-state index contributed by atoms with van der Waals surface area (Å²) in [7, 11) is 0. The zero-order chi connectivity index (χ0) is 12.5. The van der Waals surface area contributed by atoms with E-state index in [0.717, 1.165) is 30.2 Å². The maximum absolute atomic E-state index is 5.96. The number of thioether (sulfide) groups is 1. The van der Waals surface area contributed by atoms with Crippen LogP contribution in [-0.2, 0) is 0 Å². The van der Waals surface area contributed by atoms with Crippen molar-refractivity contribution in [2.45, 2.75) is 30.7 Å². The molecule has 0 radical (unpaired) electrons. The van der Waals surface area contributed by atoms with E-state index >= 15 is 0 Å². The molecule has 1 N–H and O–H groups in total. The third-order valence-electron chi connectivity index (χ3n) is 2.38. The van der Waals surface area contributed by atoms with E-state index in [2.05, 4.69) is 24.9 Å². The van der Waals surface area contributed by atoms with Gasteiger partial charge in [-0.15, -0.1) is 18.3 Å². The predicted molar refractivity (Wildman–Crippen MR) is 79.1 cm³/mol. The van der Waals surface area contributed by atoms with Gasteiger partial charge in [-0.25, -0.2) is 0 Å². The topological polar surface area (TPSA) is 12.0 Å². The Hall–Kier alpha value is -0.440. The van der Waals surface area contributed by atoms with Gasteiger partial charge < -0.3 is 5.32 Å². The number of rotatable bonds is 8. The molecule has 0 bridgehead atoms. The van der Waals surface area contributed by atoms with Gasteiger partial charge in [0.25, 0.3) is 0 Å². The molecule has 1 atom stereocenters. The van der Waals surface area contributed by atoms with Crippen LogP contribution in [0.3, 0.4) is 0 Å². The summed E-state index contributed by atoms with van der Waals surface area (Å²) in [6.45, 7) is 7.05. The maximum atomic E-state index is 5.96. The summed E-state index contributed by atoms with van der Waals surface area (Å²) in [6.07, 6.45) is 4.15. The molecule has 1 rings (SSSR count). The summed E-state index contributed by atoms with van der Waals surface area (Å²) in [5, 5.41) is 4.33. The first-order valence-electron chi connectivity index (χ1n) is 5.99. The van der Waals surface area contributed by atoms with Gasteiger partial charge in [-0.3, -0.25) is 0 Å². The van der Waals surface area contributed by atoms with Crippen LogP contribution < -0.4 is 5.32 Å². The van der Waals surface area contributed by atoms with Gasteiger partial charge in [0.2, 0.25) is 0 Å². The van der Waals surface area contributed by atoms with E-state index in [1.807, 2.05) is 36.0 Å². The zero-order valence-electron chi connectivity index (χ0n) is 10.3. The molecule has 3 heteroatoms. The second-order valence-electron chi connectivity index (χ2n) is 3.94. The average molecular weight is 270 g/mol. The third kappa shape index (κ3) is 6.16. The highest BCUT2D eigenvalue weighted by Gasteiger charge is 2.06. The van der Waals surface area contributed by atoms with E-state index in [1.165, 1.54) is 4.90 Å². The van der Waals surface area contributed by atoms with Crippen molar-refractivity contribution in [1.29, 1.82) is 0 Å². The van der Waals surface area contributed by atoms with Gasteiger partial charge in [0.05, 0.1) is 0 Å². The van der Waals surface area contributed by atoms with Crippen molar-refractivity contribution in [2.75, 3.05) is 12.3 Å². The minimum absolute atomic E-state index is 0.497. The summed E-state index contributed by atoms with van der Waals surface area (Å²) in [5.74, 6) is 1.05. The minimum atomic E-state index is 0.497. The molecule has 1 unspecified atom stereocenters. The van der Waals surface area contributed by atoms with E-state index in [1.54, 1.807) is 0 Å². The van der Waals surface area contributed by atoms with Crippen LogP contribution >= 0.6 is 23.4 Å². The Balaban J connectivity index is 2.42. The number of hydrogen-bond donors (Lipinski definition) is 1. The van der Waals surface area contributed by atoms with Crippen LogP contribution in [0.4, 0.5) is 0 Å². The summed E-state index contributed by atoms with van der Waals surface area (Å²) in [6, 6.07) is 8.50. The Labute approximate surface area is 114 Å². The third-order valence-corrected chi connectivity index (χ3v) is 3.77. The lowest BCUT2D eigenvalue weighted by atomic mass is 10.2. The van der Waals surface area contributed by atoms with Crippen molar-refractivity contribution in [3.05, 3.63) is 41.9 Å². The Morgan fingerprint density at radius 3 is 3.00 bits per heavy atom. The van der Waals surface area contributed by atoms with Gasteiger partial charge in [0.1, 0.15) is 0 Å². The van der Waals surface area contributed by atoms with Crippen LogP contribution in [0.25, 0.3) is 0 Å². The standard InChI is InChI=1S/C14H20ClNS/c1-3-6-13(16-9-4-2)11-17-14-8-5-7-12(15)10-14/h3,5,7-8,10,13,16H,1,4,6,9,11H2,2H3. The van der Waals surface area contributed by atoms with Gasteiger partial charge in [-0.05, 0) is 37.6 Å². The lowest BCUT2D eigenvalue weighted by Gasteiger charge is -2.16. The van der Waals surface area contributed by atoms with E-state index in [0.29, 0.717) is 6.04 Å². The van der Waals surface area contributed by atoms with Crippen LogP contribution in [0.5, 0.6) is 0 Å². The summed E-state index contributed by atoms with van der Waals surface area (Å²) in [4.78, 5) is 1.23. The molecule has 0 aliphatic heterocycles. The molecule has 1 aromatic carbocycles. The van der Waals surface area contributed by atoms with Gasteiger partial charge in [-0.1, -0.05) is 30.7 Å². The molecule has 1 nitrogen and oxygen atoms in total. The lowest BCUT2D eigenvalue weighted by Crippen LogP contribution is -2.31. The molecule has 0 saturated heterocycles. The summed E-state index contributed by atoms with van der Waals surface area (Å²) < 4.78 is 0. The monoisotopic (exact) mass is 269 g/mol. The van der Waals surface area contributed by atoms with Crippen LogP contribution in [0.1, 0.15) is 19.8 Å². The Morgan fingerprint density at radius 1 is 1.53 bits per heavy atom. The van der Waals surface area contributed by atoms with Crippen molar-refractivity contribution in [2.24, 2.45) is 0 Å². The maximum Gasteiger partial charge on any atom is 0.0417 e. The van der Waals surface area contributed by atoms with Crippen molar-refractivity contribution in [1.82, 2.24) is 5.32 Å². The zero-order valence-corrected chi connectivity index (χ0v) is 11.9.